The van der Waals surface area contributed by atoms with E-state index in [-0.39, 0.29) is 5.78 Å². The van der Waals surface area contributed by atoms with Gasteiger partial charge in [-0.05, 0) is 6.04 Å². The summed E-state index contributed by atoms with van der Waals surface area (Å²) in [5, 5.41) is 0. The topological polar surface area (TPSA) is 17.1 Å². The maximum atomic E-state index is 11.2. The van der Waals surface area contributed by atoms with Crippen LogP contribution in [0.4, 0.5) is 0 Å². The molecule has 0 aliphatic carbocycles. The van der Waals surface area contributed by atoms with Gasteiger partial charge in [0.25, 0.3) is 0 Å². The summed E-state index contributed by atoms with van der Waals surface area (Å²) >= 11 is 5.47. The SMILES string of the molecule is C=C(CC(=O)CCCl)C[Si](C)(C)C. The first-order valence-corrected chi connectivity index (χ1v) is 8.83. The Morgan fingerprint density at radius 3 is 2.31 bits per heavy atom. The first-order chi connectivity index (χ1) is 5.85. The molecule has 0 aromatic carbocycles. The van der Waals surface area contributed by atoms with Crippen LogP contribution >= 0.6 is 11.6 Å². The number of ketones is 1. The summed E-state index contributed by atoms with van der Waals surface area (Å²) < 4.78 is 0. The maximum absolute atomic E-state index is 11.2. The van der Waals surface area contributed by atoms with E-state index in [9.17, 15) is 4.79 Å². The third-order valence-electron chi connectivity index (χ3n) is 1.60. The van der Waals surface area contributed by atoms with E-state index in [1.165, 1.54) is 0 Å². The fourth-order valence-electron chi connectivity index (χ4n) is 1.29. The van der Waals surface area contributed by atoms with E-state index in [0.717, 1.165) is 11.6 Å². The molecule has 1 nitrogen and oxygen atoms in total. The third kappa shape index (κ3) is 8.25. The summed E-state index contributed by atoms with van der Waals surface area (Å²) in [6.45, 7) is 10.8. The fourth-order valence-corrected chi connectivity index (χ4v) is 3.12. The molecular formula is C10H19ClOSi. The highest BCUT2D eigenvalue weighted by molar-refractivity contribution is 6.76. The minimum absolute atomic E-state index is 0.221. The molecule has 0 unspecified atom stereocenters. The zero-order chi connectivity index (χ0) is 10.5. The highest BCUT2D eigenvalue weighted by atomic mass is 35.5. The number of allylic oxidation sites excluding steroid dienone is 1. The van der Waals surface area contributed by atoms with Crippen LogP contribution in [0.1, 0.15) is 12.8 Å². The second kappa shape index (κ2) is 5.61. The quantitative estimate of drug-likeness (QED) is 0.379. The first kappa shape index (κ1) is 12.9. The summed E-state index contributed by atoms with van der Waals surface area (Å²) in [5.41, 5.74) is 1.08. The van der Waals surface area contributed by atoms with Crippen molar-refractivity contribution in [3.05, 3.63) is 12.2 Å². The molecule has 0 rings (SSSR count). The maximum Gasteiger partial charge on any atom is 0.138 e. The molecule has 0 fully saturated rings. The number of carbonyl (C=O) groups is 1. The van der Waals surface area contributed by atoms with Crippen molar-refractivity contribution in [2.24, 2.45) is 0 Å². The predicted molar refractivity (Wildman–Crippen MR) is 62.3 cm³/mol. The molecular weight excluding hydrogens is 200 g/mol. The molecule has 76 valence electrons. The Labute approximate surface area is 87.2 Å². The van der Waals surface area contributed by atoms with Crippen molar-refractivity contribution in [2.75, 3.05) is 5.88 Å². The monoisotopic (exact) mass is 218 g/mol. The van der Waals surface area contributed by atoms with Gasteiger partial charge in [0.1, 0.15) is 5.78 Å². The number of hydrogen-bond acceptors (Lipinski definition) is 1. The van der Waals surface area contributed by atoms with Crippen LogP contribution in [0.25, 0.3) is 0 Å². The van der Waals surface area contributed by atoms with Crippen molar-refractivity contribution < 1.29 is 4.79 Å². The van der Waals surface area contributed by atoms with Crippen LogP contribution in [0.3, 0.4) is 0 Å². The number of alkyl halides is 1. The van der Waals surface area contributed by atoms with E-state index in [2.05, 4.69) is 26.2 Å². The zero-order valence-corrected chi connectivity index (χ0v) is 10.6. The van der Waals surface area contributed by atoms with Crippen molar-refractivity contribution in [1.29, 1.82) is 0 Å². The van der Waals surface area contributed by atoms with Crippen molar-refractivity contribution in [3.63, 3.8) is 0 Å². The smallest absolute Gasteiger partial charge is 0.138 e. The van der Waals surface area contributed by atoms with Crippen LogP contribution in [0.2, 0.25) is 25.7 Å². The average molecular weight is 219 g/mol. The second-order valence-corrected chi connectivity index (χ2v) is 10.5. The zero-order valence-electron chi connectivity index (χ0n) is 8.82. The fraction of sp³-hybridized carbons (Fsp3) is 0.700. The lowest BCUT2D eigenvalue weighted by atomic mass is 10.1. The lowest BCUT2D eigenvalue weighted by Gasteiger charge is -2.16. The summed E-state index contributed by atoms with van der Waals surface area (Å²) in [6.07, 6.45) is 1.00. The van der Waals surface area contributed by atoms with Crippen LogP contribution in [-0.4, -0.2) is 19.7 Å². The summed E-state index contributed by atoms with van der Waals surface area (Å²) in [7, 11) is -1.09. The van der Waals surface area contributed by atoms with Gasteiger partial charge >= 0.3 is 0 Å². The highest BCUT2D eigenvalue weighted by Crippen LogP contribution is 2.17. The minimum atomic E-state index is -1.09. The molecule has 0 N–H and O–H groups in total. The van der Waals surface area contributed by atoms with Crippen LogP contribution in [0, 0.1) is 0 Å². The second-order valence-electron chi connectivity index (χ2n) is 4.64. The number of rotatable bonds is 6. The van der Waals surface area contributed by atoms with Gasteiger partial charge in [-0.3, -0.25) is 4.79 Å². The molecule has 0 amide bonds. The standard InChI is InChI=1S/C10H19ClOSi/c1-9(8-13(2,3)4)7-10(12)5-6-11/h1,5-8H2,2-4H3. The van der Waals surface area contributed by atoms with Gasteiger partial charge in [-0.25, -0.2) is 0 Å². The van der Waals surface area contributed by atoms with Gasteiger partial charge in [-0.2, -0.15) is 0 Å². The minimum Gasteiger partial charge on any atom is -0.299 e. The van der Waals surface area contributed by atoms with Gasteiger partial charge in [0.2, 0.25) is 0 Å². The van der Waals surface area contributed by atoms with E-state index in [1.54, 1.807) is 0 Å². The summed E-state index contributed by atoms with van der Waals surface area (Å²) in [6, 6.07) is 1.04. The molecule has 3 heteroatoms. The molecule has 0 heterocycles. The molecule has 13 heavy (non-hydrogen) atoms. The van der Waals surface area contributed by atoms with E-state index in [4.69, 9.17) is 11.6 Å². The largest absolute Gasteiger partial charge is 0.299 e. The van der Waals surface area contributed by atoms with Crippen LogP contribution < -0.4 is 0 Å². The summed E-state index contributed by atoms with van der Waals surface area (Å²) in [4.78, 5) is 11.2. The average Bonchev–Trinajstić information content (AvgIpc) is 1.81. The predicted octanol–water partition coefficient (Wildman–Crippen LogP) is 3.47. The number of Topliss-reactive ketones (excluding diaryl/α,β-unsaturated/α-hetero) is 1. The van der Waals surface area contributed by atoms with Crippen LogP contribution in [-0.2, 0) is 4.79 Å². The van der Waals surface area contributed by atoms with E-state index >= 15 is 0 Å². The Morgan fingerprint density at radius 2 is 1.92 bits per heavy atom. The van der Waals surface area contributed by atoms with E-state index in [0.29, 0.717) is 18.7 Å². The van der Waals surface area contributed by atoms with Crippen molar-refractivity contribution in [1.82, 2.24) is 0 Å². The Kier molecular flexibility index (Phi) is 5.57. The lowest BCUT2D eigenvalue weighted by molar-refractivity contribution is -0.118. The molecule has 0 aromatic rings. The van der Waals surface area contributed by atoms with E-state index in [1.807, 2.05) is 0 Å². The van der Waals surface area contributed by atoms with Crippen molar-refractivity contribution in [2.45, 2.75) is 38.5 Å². The molecule has 0 saturated heterocycles. The summed E-state index contributed by atoms with van der Waals surface area (Å²) in [5.74, 6) is 0.650. The van der Waals surface area contributed by atoms with E-state index < -0.39 is 8.07 Å². The van der Waals surface area contributed by atoms with Gasteiger partial charge < -0.3 is 0 Å². The number of halogens is 1. The van der Waals surface area contributed by atoms with Crippen molar-refractivity contribution >= 4 is 25.5 Å². The van der Waals surface area contributed by atoms with Crippen LogP contribution in [0.15, 0.2) is 12.2 Å². The van der Waals surface area contributed by atoms with Gasteiger partial charge in [-0.15, -0.1) is 11.6 Å². The molecule has 0 aliphatic heterocycles. The highest BCUT2D eigenvalue weighted by Gasteiger charge is 2.15. The third-order valence-corrected chi connectivity index (χ3v) is 3.35. The van der Waals surface area contributed by atoms with Gasteiger partial charge in [0.05, 0.1) is 0 Å². The molecule has 0 atom stereocenters. The van der Waals surface area contributed by atoms with Gasteiger partial charge in [-0.1, -0.05) is 31.8 Å². The van der Waals surface area contributed by atoms with Crippen LogP contribution in [0.5, 0.6) is 0 Å². The molecule has 0 bridgehead atoms. The van der Waals surface area contributed by atoms with Gasteiger partial charge in [0, 0.05) is 26.8 Å². The number of carbonyl (C=O) groups excluding carboxylic acids is 1. The molecule has 0 aliphatic rings. The molecule has 0 aromatic heterocycles. The molecule has 0 saturated carbocycles. The Bertz CT molecular complexity index is 194. The first-order valence-electron chi connectivity index (χ1n) is 4.59. The van der Waals surface area contributed by atoms with Crippen molar-refractivity contribution in [3.8, 4) is 0 Å². The number of hydrogen-bond donors (Lipinski definition) is 0. The molecule has 0 radical (unpaired) electrons. The lowest BCUT2D eigenvalue weighted by Crippen LogP contribution is -2.20. The molecule has 0 spiro atoms. The Morgan fingerprint density at radius 1 is 1.38 bits per heavy atom. The Hall–Kier alpha value is -0.0831. The Balaban J connectivity index is 3.82. The normalized spacial score (nSPS) is 11.4. The van der Waals surface area contributed by atoms with Gasteiger partial charge in [0.15, 0.2) is 0 Å².